The average molecular weight is 326 g/mol. The van der Waals surface area contributed by atoms with Gasteiger partial charge in [-0.3, -0.25) is 9.89 Å². The number of ether oxygens (including phenoxy) is 1. The minimum Gasteiger partial charge on any atom is -0.366 e. The van der Waals surface area contributed by atoms with Gasteiger partial charge in [0.15, 0.2) is 5.82 Å². The Kier molecular flexibility index (Phi) is 3.84. The summed E-state index contributed by atoms with van der Waals surface area (Å²) in [6, 6.07) is 8.48. The van der Waals surface area contributed by atoms with Crippen molar-refractivity contribution in [1.82, 2.24) is 20.1 Å². The molecule has 126 valence electrons. The highest BCUT2D eigenvalue weighted by Crippen LogP contribution is 2.48. The van der Waals surface area contributed by atoms with Crippen molar-refractivity contribution in [3.63, 3.8) is 0 Å². The fourth-order valence-corrected chi connectivity index (χ4v) is 3.48. The number of aromatic nitrogens is 3. The van der Waals surface area contributed by atoms with E-state index in [0.29, 0.717) is 31.4 Å². The first-order valence-electron chi connectivity index (χ1n) is 8.47. The molecule has 6 heteroatoms. The molecule has 0 spiro atoms. The van der Waals surface area contributed by atoms with Crippen molar-refractivity contribution in [2.24, 2.45) is 5.92 Å². The maximum atomic E-state index is 12.8. The van der Waals surface area contributed by atoms with Gasteiger partial charge in [0.25, 0.3) is 0 Å². The Labute approximate surface area is 141 Å². The van der Waals surface area contributed by atoms with Crippen LogP contribution in [0.3, 0.4) is 0 Å². The predicted octanol–water partition coefficient (Wildman–Crippen LogP) is 2.13. The maximum absolute atomic E-state index is 12.8. The van der Waals surface area contributed by atoms with E-state index in [1.54, 1.807) is 0 Å². The minimum atomic E-state index is -0.233. The second-order valence-corrected chi connectivity index (χ2v) is 6.79. The van der Waals surface area contributed by atoms with Crippen molar-refractivity contribution in [3.8, 4) is 0 Å². The van der Waals surface area contributed by atoms with Crippen LogP contribution >= 0.6 is 0 Å². The van der Waals surface area contributed by atoms with Gasteiger partial charge in [-0.15, -0.1) is 0 Å². The number of aryl methyl sites for hydroxylation is 2. The first-order chi connectivity index (χ1) is 11.6. The van der Waals surface area contributed by atoms with E-state index >= 15 is 0 Å². The first-order valence-corrected chi connectivity index (χ1v) is 8.47. The van der Waals surface area contributed by atoms with E-state index in [-0.39, 0.29) is 17.9 Å². The molecule has 6 nitrogen and oxygen atoms in total. The van der Waals surface area contributed by atoms with Crippen molar-refractivity contribution in [3.05, 3.63) is 47.0 Å². The van der Waals surface area contributed by atoms with Gasteiger partial charge in [-0.2, -0.15) is 5.10 Å². The summed E-state index contributed by atoms with van der Waals surface area (Å²) >= 11 is 0. The molecule has 1 aromatic carbocycles. The van der Waals surface area contributed by atoms with Gasteiger partial charge in [0.05, 0.1) is 13.2 Å². The number of rotatable bonds is 3. The third-order valence-electron chi connectivity index (χ3n) is 4.86. The van der Waals surface area contributed by atoms with E-state index in [4.69, 9.17) is 4.74 Å². The Morgan fingerprint density at radius 3 is 3.00 bits per heavy atom. The van der Waals surface area contributed by atoms with E-state index in [1.165, 1.54) is 11.1 Å². The quantitative estimate of drug-likeness (QED) is 0.938. The molecule has 2 aromatic rings. The summed E-state index contributed by atoms with van der Waals surface area (Å²) in [7, 11) is 0. The number of hydrogen-bond acceptors (Lipinski definition) is 4. The molecule has 1 amide bonds. The molecule has 0 bridgehead atoms. The molecular formula is C18H22N4O2. The molecule has 4 rings (SSSR count). The molecule has 2 fully saturated rings. The highest BCUT2D eigenvalue weighted by molar-refractivity contribution is 5.83. The topological polar surface area (TPSA) is 71.1 Å². The van der Waals surface area contributed by atoms with Crippen LogP contribution in [0.2, 0.25) is 0 Å². The van der Waals surface area contributed by atoms with Crippen LogP contribution < -0.4 is 0 Å². The number of carbonyl (C=O) groups excluding carboxylic acids is 1. The molecule has 24 heavy (non-hydrogen) atoms. The molecule has 1 aliphatic carbocycles. The molecule has 0 unspecified atom stereocenters. The van der Waals surface area contributed by atoms with Gasteiger partial charge in [0.2, 0.25) is 5.91 Å². The zero-order valence-electron chi connectivity index (χ0n) is 14.0. The highest BCUT2D eigenvalue weighted by Gasteiger charge is 2.46. The van der Waals surface area contributed by atoms with Crippen LogP contribution in [-0.4, -0.2) is 45.7 Å². The summed E-state index contributed by atoms with van der Waals surface area (Å²) in [6.45, 7) is 5.67. The van der Waals surface area contributed by atoms with Crippen molar-refractivity contribution < 1.29 is 9.53 Å². The highest BCUT2D eigenvalue weighted by atomic mass is 16.5. The molecule has 1 aromatic heterocycles. The molecule has 1 N–H and O–H groups in total. The van der Waals surface area contributed by atoms with Gasteiger partial charge < -0.3 is 9.64 Å². The van der Waals surface area contributed by atoms with Crippen molar-refractivity contribution in [2.75, 3.05) is 19.7 Å². The lowest BCUT2D eigenvalue weighted by atomic mass is 10.1. The predicted molar refractivity (Wildman–Crippen MR) is 88.4 cm³/mol. The monoisotopic (exact) mass is 326 g/mol. The smallest absolute Gasteiger partial charge is 0.226 e. The second kappa shape index (κ2) is 6.02. The second-order valence-electron chi connectivity index (χ2n) is 6.79. The number of nitrogens with one attached hydrogen (secondary N) is 1. The zero-order valence-corrected chi connectivity index (χ0v) is 14.0. The van der Waals surface area contributed by atoms with E-state index < -0.39 is 0 Å². The van der Waals surface area contributed by atoms with Crippen LogP contribution in [0, 0.1) is 19.8 Å². The van der Waals surface area contributed by atoms with Crippen LogP contribution in [0.15, 0.2) is 24.3 Å². The van der Waals surface area contributed by atoms with Crippen molar-refractivity contribution >= 4 is 5.91 Å². The summed E-state index contributed by atoms with van der Waals surface area (Å²) < 4.78 is 5.75. The summed E-state index contributed by atoms with van der Waals surface area (Å²) in [4.78, 5) is 19.1. The standard InChI is InChI=1S/C18H22N4O2/c1-11-4-3-5-13(8-11)14-9-15(14)18(23)22-6-7-24-16(10-22)17-19-12(2)20-21-17/h3-5,8,14-16H,6-7,9-10H2,1-2H3,(H,19,20,21)/t14-,15+,16-/m0/s1. The number of H-pyrrole nitrogens is 1. The van der Waals surface area contributed by atoms with Gasteiger partial charge in [0, 0.05) is 12.5 Å². The molecule has 1 saturated carbocycles. The molecular weight excluding hydrogens is 304 g/mol. The number of hydrogen-bond donors (Lipinski definition) is 1. The number of benzene rings is 1. The number of amides is 1. The van der Waals surface area contributed by atoms with Crippen LogP contribution in [0.5, 0.6) is 0 Å². The van der Waals surface area contributed by atoms with E-state index in [2.05, 4.69) is 46.4 Å². The maximum Gasteiger partial charge on any atom is 0.226 e. The largest absolute Gasteiger partial charge is 0.366 e. The summed E-state index contributed by atoms with van der Waals surface area (Å²) in [5.74, 6) is 2.11. The zero-order chi connectivity index (χ0) is 16.7. The molecule has 1 saturated heterocycles. The van der Waals surface area contributed by atoms with Crippen LogP contribution in [0.1, 0.15) is 41.2 Å². The van der Waals surface area contributed by atoms with Gasteiger partial charge in [0.1, 0.15) is 11.9 Å². The Balaban J connectivity index is 1.42. The van der Waals surface area contributed by atoms with Gasteiger partial charge in [-0.05, 0) is 31.7 Å². The molecule has 1 aliphatic heterocycles. The number of nitrogens with zero attached hydrogens (tertiary/aromatic N) is 3. The van der Waals surface area contributed by atoms with Gasteiger partial charge in [-0.1, -0.05) is 29.8 Å². The van der Waals surface area contributed by atoms with E-state index in [0.717, 1.165) is 12.2 Å². The Hall–Kier alpha value is -2.21. The Morgan fingerprint density at radius 2 is 2.25 bits per heavy atom. The number of aromatic amines is 1. The fourth-order valence-electron chi connectivity index (χ4n) is 3.48. The van der Waals surface area contributed by atoms with E-state index in [9.17, 15) is 4.79 Å². The third-order valence-corrected chi connectivity index (χ3v) is 4.86. The van der Waals surface area contributed by atoms with Crippen molar-refractivity contribution in [2.45, 2.75) is 32.3 Å². The van der Waals surface area contributed by atoms with Crippen LogP contribution in [0.25, 0.3) is 0 Å². The third kappa shape index (κ3) is 2.94. The first kappa shape index (κ1) is 15.3. The number of morpholine rings is 1. The van der Waals surface area contributed by atoms with Gasteiger partial charge in [-0.25, -0.2) is 4.98 Å². The summed E-state index contributed by atoms with van der Waals surface area (Å²) in [6.07, 6.45) is 0.716. The summed E-state index contributed by atoms with van der Waals surface area (Å²) in [5.41, 5.74) is 2.53. The number of carbonyl (C=O) groups is 1. The lowest BCUT2D eigenvalue weighted by Crippen LogP contribution is -2.43. The SMILES string of the molecule is Cc1cccc([C@@H]2C[C@H]2C(=O)N2CCO[C@H](c3n[nH]c(C)n3)C2)c1. The van der Waals surface area contributed by atoms with Crippen LogP contribution in [0.4, 0.5) is 0 Å². The summed E-state index contributed by atoms with van der Waals surface area (Å²) in [5, 5.41) is 7.00. The Morgan fingerprint density at radius 1 is 1.38 bits per heavy atom. The Bertz CT molecular complexity index is 757. The molecule has 0 radical (unpaired) electrons. The normalized spacial score (nSPS) is 26.4. The van der Waals surface area contributed by atoms with E-state index in [1.807, 2.05) is 11.8 Å². The molecule has 2 aliphatic rings. The van der Waals surface area contributed by atoms with Crippen LogP contribution in [-0.2, 0) is 9.53 Å². The lowest BCUT2D eigenvalue weighted by Gasteiger charge is -2.32. The minimum absolute atomic E-state index is 0.111. The average Bonchev–Trinajstić information content (AvgIpc) is 3.28. The van der Waals surface area contributed by atoms with Crippen molar-refractivity contribution in [1.29, 1.82) is 0 Å². The molecule has 3 atom stereocenters. The van der Waals surface area contributed by atoms with Gasteiger partial charge >= 0.3 is 0 Å². The molecule has 2 heterocycles. The lowest BCUT2D eigenvalue weighted by molar-refractivity contribution is -0.140. The fraction of sp³-hybridized carbons (Fsp3) is 0.500.